The van der Waals surface area contributed by atoms with E-state index in [1.54, 1.807) is 4.90 Å². The van der Waals surface area contributed by atoms with E-state index in [0.29, 0.717) is 13.0 Å². The minimum absolute atomic E-state index is 0.0508. The predicted molar refractivity (Wildman–Crippen MR) is 120 cm³/mol. The van der Waals surface area contributed by atoms with Crippen LogP contribution in [0.1, 0.15) is 48.0 Å². The molecule has 2 fully saturated rings. The molecule has 4 rings (SSSR count). The number of piperidine rings is 1. The largest absolute Gasteiger partial charge is 0.495 e. The number of nitrogens with one attached hydrogen (secondary N) is 2. The SMILES string of the molecule is COc1ccc(C(=O)NCc2cccc(N3CCCCC3=O)c2)cc1S(=O)(=O)NC1CC1. The second-order valence-corrected chi connectivity index (χ2v) is 9.80. The third-order valence-corrected chi connectivity index (χ3v) is 7.15. The molecule has 0 unspecified atom stereocenters. The van der Waals surface area contributed by atoms with Gasteiger partial charge in [-0.15, -0.1) is 0 Å². The molecule has 9 heteroatoms. The van der Waals surface area contributed by atoms with E-state index in [9.17, 15) is 18.0 Å². The molecule has 1 aliphatic heterocycles. The van der Waals surface area contributed by atoms with Crippen molar-refractivity contribution in [2.75, 3.05) is 18.6 Å². The third kappa shape index (κ3) is 5.11. The summed E-state index contributed by atoms with van der Waals surface area (Å²) in [6.45, 7) is 0.954. The summed E-state index contributed by atoms with van der Waals surface area (Å²) in [6.07, 6.45) is 4.07. The Morgan fingerprint density at radius 3 is 2.69 bits per heavy atom. The molecule has 2 amide bonds. The Balaban J connectivity index is 1.47. The monoisotopic (exact) mass is 457 g/mol. The average Bonchev–Trinajstić information content (AvgIpc) is 3.61. The molecule has 1 aliphatic carbocycles. The molecule has 2 aromatic rings. The molecule has 0 spiro atoms. The Kier molecular flexibility index (Phi) is 6.48. The Morgan fingerprint density at radius 1 is 1.16 bits per heavy atom. The van der Waals surface area contributed by atoms with Crippen LogP contribution in [0.5, 0.6) is 5.75 Å². The van der Waals surface area contributed by atoms with Crippen molar-refractivity contribution in [3.05, 3.63) is 53.6 Å². The van der Waals surface area contributed by atoms with E-state index in [0.717, 1.165) is 36.9 Å². The standard InChI is InChI=1S/C23H27N3O5S/c1-31-20-11-8-17(14-21(20)32(29,30)25-18-9-10-18)23(28)24-15-16-5-4-6-19(13-16)26-12-3-2-7-22(26)27/h4-6,8,11,13-14,18,25H,2-3,7,9-10,12,15H2,1H3,(H,24,28). The Bertz CT molecular complexity index is 1130. The molecule has 2 aromatic carbocycles. The number of sulfonamides is 1. The molecule has 2 N–H and O–H groups in total. The number of methoxy groups -OCH3 is 1. The highest BCUT2D eigenvalue weighted by Crippen LogP contribution is 2.28. The van der Waals surface area contributed by atoms with Crippen LogP contribution in [0.3, 0.4) is 0 Å². The quantitative estimate of drug-likeness (QED) is 0.634. The van der Waals surface area contributed by atoms with Crippen molar-refractivity contribution in [2.24, 2.45) is 0 Å². The Labute approximate surface area is 188 Å². The number of ether oxygens (including phenoxy) is 1. The topological polar surface area (TPSA) is 105 Å². The van der Waals surface area contributed by atoms with E-state index in [-0.39, 0.29) is 34.7 Å². The second kappa shape index (κ2) is 9.30. The number of benzene rings is 2. The van der Waals surface area contributed by atoms with E-state index in [2.05, 4.69) is 10.0 Å². The minimum Gasteiger partial charge on any atom is -0.495 e. The van der Waals surface area contributed by atoms with Crippen LogP contribution in [-0.4, -0.2) is 39.9 Å². The number of hydrogen-bond donors (Lipinski definition) is 2. The minimum atomic E-state index is -3.78. The maximum absolute atomic E-state index is 12.7. The molecular weight excluding hydrogens is 430 g/mol. The van der Waals surface area contributed by atoms with Crippen molar-refractivity contribution in [3.8, 4) is 5.75 Å². The summed E-state index contributed by atoms with van der Waals surface area (Å²) in [5, 5.41) is 2.83. The van der Waals surface area contributed by atoms with Crippen molar-refractivity contribution in [2.45, 2.75) is 49.6 Å². The van der Waals surface area contributed by atoms with Crippen LogP contribution >= 0.6 is 0 Å². The van der Waals surface area contributed by atoms with Crippen LogP contribution in [0.25, 0.3) is 0 Å². The average molecular weight is 458 g/mol. The lowest BCUT2D eigenvalue weighted by molar-refractivity contribution is -0.119. The van der Waals surface area contributed by atoms with Gasteiger partial charge in [-0.05, 0) is 61.6 Å². The smallest absolute Gasteiger partial charge is 0.251 e. The maximum atomic E-state index is 12.7. The van der Waals surface area contributed by atoms with Crippen molar-refractivity contribution in [1.82, 2.24) is 10.0 Å². The van der Waals surface area contributed by atoms with Crippen LogP contribution in [0, 0.1) is 0 Å². The van der Waals surface area contributed by atoms with Gasteiger partial charge in [-0.1, -0.05) is 12.1 Å². The Morgan fingerprint density at radius 2 is 1.97 bits per heavy atom. The molecule has 0 aromatic heterocycles. The zero-order chi connectivity index (χ0) is 22.7. The molecule has 1 heterocycles. The van der Waals surface area contributed by atoms with Gasteiger partial charge >= 0.3 is 0 Å². The van der Waals surface area contributed by atoms with Gasteiger partial charge in [0.15, 0.2) is 0 Å². The fraction of sp³-hybridized carbons (Fsp3) is 0.391. The van der Waals surface area contributed by atoms with Gasteiger partial charge in [0.05, 0.1) is 7.11 Å². The molecule has 32 heavy (non-hydrogen) atoms. The highest BCUT2D eigenvalue weighted by Gasteiger charge is 2.30. The fourth-order valence-corrected chi connectivity index (χ4v) is 5.21. The van der Waals surface area contributed by atoms with Crippen LogP contribution < -0.4 is 19.7 Å². The zero-order valence-electron chi connectivity index (χ0n) is 18.0. The normalized spacial score (nSPS) is 16.7. The molecule has 0 atom stereocenters. The van der Waals surface area contributed by atoms with Gasteiger partial charge in [0.1, 0.15) is 10.6 Å². The first-order valence-electron chi connectivity index (χ1n) is 10.8. The highest BCUT2D eigenvalue weighted by atomic mass is 32.2. The number of nitrogens with zero attached hydrogens (tertiary/aromatic N) is 1. The van der Waals surface area contributed by atoms with Gasteiger partial charge in [0.25, 0.3) is 5.91 Å². The van der Waals surface area contributed by atoms with Gasteiger partial charge in [-0.25, -0.2) is 13.1 Å². The predicted octanol–water partition coefficient (Wildman–Crippen LogP) is 2.58. The maximum Gasteiger partial charge on any atom is 0.251 e. The molecular formula is C23H27N3O5S. The van der Waals surface area contributed by atoms with Crippen molar-refractivity contribution in [3.63, 3.8) is 0 Å². The number of amides is 2. The van der Waals surface area contributed by atoms with E-state index < -0.39 is 15.9 Å². The van der Waals surface area contributed by atoms with Gasteiger partial charge in [0.2, 0.25) is 15.9 Å². The van der Waals surface area contributed by atoms with E-state index in [1.807, 2.05) is 24.3 Å². The van der Waals surface area contributed by atoms with Crippen LogP contribution in [0.4, 0.5) is 5.69 Å². The summed E-state index contributed by atoms with van der Waals surface area (Å²) in [5.41, 5.74) is 1.90. The second-order valence-electron chi connectivity index (χ2n) is 8.12. The molecule has 1 saturated heterocycles. The molecule has 8 nitrogen and oxygen atoms in total. The first-order valence-corrected chi connectivity index (χ1v) is 12.2. The van der Waals surface area contributed by atoms with E-state index >= 15 is 0 Å². The lowest BCUT2D eigenvalue weighted by Gasteiger charge is -2.27. The molecule has 0 bridgehead atoms. The summed E-state index contributed by atoms with van der Waals surface area (Å²) in [4.78, 5) is 26.7. The summed E-state index contributed by atoms with van der Waals surface area (Å²) < 4.78 is 33.2. The third-order valence-electron chi connectivity index (χ3n) is 5.61. The summed E-state index contributed by atoms with van der Waals surface area (Å²) >= 11 is 0. The number of anilines is 1. The summed E-state index contributed by atoms with van der Waals surface area (Å²) in [5.74, 6) is -0.0900. The Hall–Kier alpha value is -2.91. The zero-order valence-corrected chi connectivity index (χ0v) is 18.8. The van der Waals surface area contributed by atoms with Crippen LogP contribution in [-0.2, 0) is 21.4 Å². The molecule has 1 saturated carbocycles. The number of carbonyl (C=O) groups excluding carboxylic acids is 2. The molecule has 0 radical (unpaired) electrons. The van der Waals surface area contributed by atoms with Crippen LogP contribution in [0.2, 0.25) is 0 Å². The van der Waals surface area contributed by atoms with Gasteiger partial charge < -0.3 is 15.0 Å². The molecule has 170 valence electrons. The van der Waals surface area contributed by atoms with Crippen molar-refractivity contribution < 1.29 is 22.7 Å². The molecule has 2 aliphatic rings. The number of hydrogen-bond acceptors (Lipinski definition) is 5. The highest BCUT2D eigenvalue weighted by molar-refractivity contribution is 7.89. The lowest BCUT2D eigenvalue weighted by atomic mass is 10.1. The van der Waals surface area contributed by atoms with Crippen LogP contribution in [0.15, 0.2) is 47.4 Å². The van der Waals surface area contributed by atoms with Gasteiger partial charge in [-0.2, -0.15) is 0 Å². The van der Waals surface area contributed by atoms with Crippen molar-refractivity contribution >= 4 is 27.5 Å². The summed E-state index contributed by atoms with van der Waals surface area (Å²) in [6, 6.07) is 11.8. The first kappa shape index (κ1) is 22.3. The van der Waals surface area contributed by atoms with E-state index in [1.165, 1.54) is 25.3 Å². The van der Waals surface area contributed by atoms with E-state index in [4.69, 9.17) is 4.74 Å². The number of rotatable bonds is 8. The number of carbonyl (C=O) groups is 2. The van der Waals surface area contributed by atoms with Crippen molar-refractivity contribution in [1.29, 1.82) is 0 Å². The first-order chi connectivity index (χ1) is 15.4. The lowest BCUT2D eigenvalue weighted by Crippen LogP contribution is -2.35. The summed E-state index contributed by atoms with van der Waals surface area (Å²) in [7, 11) is -2.38. The van der Waals surface area contributed by atoms with Gasteiger partial charge in [0, 0.05) is 36.8 Å². The fourth-order valence-electron chi connectivity index (χ4n) is 3.71. The van der Waals surface area contributed by atoms with Gasteiger partial charge in [-0.3, -0.25) is 9.59 Å².